The van der Waals surface area contributed by atoms with Crippen molar-refractivity contribution >= 4 is 52.2 Å². The normalized spacial score (nSPS) is 12.6. The van der Waals surface area contributed by atoms with Crippen LogP contribution in [0.4, 0.5) is 5.69 Å². The highest BCUT2D eigenvalue weighted by molar-refractivity contribution is 6.68. The molecule has 1 atom stereocenters. The number of carbonyl (C=O) groups excluding carboxylic acids is 2. The number of nitrogens with one attached hydrogen (secondary N) is 1. The summed E-state index contributed by atoms with van der Waals surface area (Å²) in [4.78, 5) is 33.1. The summed E-state index contributed by atoms with van der Waals surface area (Å²) < 4.78 is -1.85. The third-order valence-electron chi connectivity index (χ3n) is 2.56. The number of alkyl halides is 3. The third kappa shape index (κ3) is 5.49. The third-order valence-corrected chi connectivity index (χ3v) is 3.35. The number of halogens is 3. The fourth-order valence-electron chi connectivity index (χ4n) is 1.57. The summed E-state index contributed by atoms with van der Waals surface area (Å²) in [6.07, 6.45) is -0.242. The van der Waals surface area contributed by atoms with Crippen molar-refractivity contribution in [1.82, 2.24) is 5.32 Å². The molecule has 0 aromatic heterocycles. The number of carbonyl (C=O) groups is 2. The summed E-state index contributed by atoms with van der Waals surface area (Å²) >= 11 is 17.1. The monoisotopic (exact) mass is 352 g/mol. The Morgan fingerprint density at radius 3 is 2.19 bits per heavy atom. The minimum atomic E-state index is -1.85. The van der Waals surface area contributed by atoms with Gasteiger partial charge in [0.05, 0.1) is 11.0 Å². The molecule has 0 fully saturated rings. The number of nitrogens with zero attached hydrogens (tertiary/aromatic N) is 1. The van der Waals surface area contributed by atoms with Crippen molar-refractivity contribution in [3.05, 3.63) is 39.9 Å². The molecule has 0 saturated heterocycles. The maximum Gasteiger partial charge on any atom is 0.269 e. The van der Waals surface area contributed by atoms with E-state index in [1.165, 1.54) is 31.2 Å². The second kappa shape index (κ2) is 7.06. The Labute approximate surface area is 135 Å². The predicted octanol–water partition coefficient (Wildman–Crippen LogP) is 3.04. The number of benzene rings is 1. The number of non-ortho nitro benzene ring substituents is 1. The molecule has 9 heteroatoms. The predicted molar refractivity (Wildman–Crippen MR) is 79.9 cm³/mol. The lowest BCUT2D eigenvalue weighted by molar-refractivity contribution is -0.384. The molecule has 0 aliphatic carbocycles. The Morgan fingerprint density at radius 1 is 1.29 bits per heavy atom. The number of nitro benzene ring substituents is 1. The van der Waals surface area contributed by atoms with Gasteiger partial charge in [-0.15, -0.1) is 0 Å². The van der Waals surface area contributed by atoms with Gasteiger partial charge < -0.3 is 5.32 Å². The molecular formula is C12H11Cl3N2O4. The van der Waals surface area contributed by atoms with E-state index in [0.717, 1.165) is 0 Å². The number of hydrogen-bond donors (Lipinski definition) is 1. The SMILES string of the molecule is CC(=O)N[C@H](CC(=O)c1ccc([N+](=O)[O-])cc1)C(Cl)(Cl)Cl. The zero-order valence-corrected chi connectivity index (χ0v) is 13.1. The van der Waals surface area contributed by atoms with Crippen LogP contribution in [0.25, 0.3) is 0 Å². The maximum absolute atomic E-state index is 12.1. The summed E-state index contributed by atoms with van der Waals surface area (Å²) in [5, 5.41) is 12.9. The van der Waals surface area contributed by atoms with E-state index in [9.17, 15) is 19.7 Å². The first-order chi connectivity index (χ1) is 9.61. The van der Waals surface area contributed by atoms with Crippen LogP contribution in [0.15, 0.2) is 24.3 Å². The first-order valence-corrected chi connectivity index (χ1v) is 6.86. The number of Topliss-reactive ketones (excluding diaryl/α,β-unsaturated/α-hetero) is 1. The van der Waals surface area contributed by atoms with E-state index in [4.69, 9.17) is 34.8 Å². The lowest BCUT2D eigenvalue weighted by atomic mass is 10.0. The van der Waals surface area contributed by atoms with Crippen LogP contribution in [0.5, 0.6) is 0 Å². The number of nitro groups is 1. The minimum Gasteiger partial charge on any atom is -0.349 e. The van der Waals surface area contributed by atoms with Gasteiger partial charge in [-0.1, -0.05) is 34.8 Å². The van der Waals surface area contributed by atoms with Crippen LogP contribution in [0.1, 0.15) is 23.7 Å². The van der Waals surface area contributed by atoms with Gasteiger partial charge in [0.25, 0.3) is 5.69 Å². The van der Waals surface area contributed by atoms with E-state index in [2.05, 4.69) is 5.32 Å². The van der Waals surface area contributed by atoms with Gasteiger partial charge in [0.1, 0.15) is 0 Å². The van der Waals surface area contributed by atoms with Gasteiger partial charge in [0.2, 0.25) is 9.70 Å². The molecule has 1 N–H and O–H groups in total. The molecule has 114 valence electrons. The van der Waals surface area contributed by atoms with Crippen molar-refractivity contribution in [2.45, 2.75) is 23.2 Å². The second-order valence-electron chi connectivity index (χ2n) is 4.23. The van der Waals surface area contributed by atoms with Crippen LogP contribution in [0, 0.1) is 10.1 Å². The largest absolute Gasteiger partial charge is 0.349 e. The molecule has 0 radical (unpaired) electrons. The lowest BCUT2D eigenvalue weighted by Gasteiger charge is -2.24. The van der Waals surface area contributed by atoms with Gasteiger partial charge in [0.15, 0.2) is 5.78 Å². The van der Waals surface area contributed by atoms with E-state index >= 15 is 0 Å². The topological polar surface area (TPSA) is 89.3 Å². The van der Waals surface area contributed by atoms with E-state index in [0.29, 0.717) is 0 Å². The Morgan fingerprint density at radius 2 is 1.81 bits per heavy atom. The lowest BCUT2D eigenvalue weighted by Crippen LogP contribution is -2.44. The maximum atomic E-state index is 12.1. The first-order valence-electron chi connectivity index (χ1n) is 5.72. The van der Waals surface area contributed by atoms with Crippen molar-refractivity contribution in [2.24, 2.45) is 0 Å². The van der Waals surface area contributed by atoms with Crippen LogP contribution in [0.3, 0.4) is 0 Å². The van der Waals surface area contributed by atoms with E-state index in [1.807, 2.05) is 0 Å². The molecule has 6 nitrogen and oxygen atoms in total. The Bertz CT molecular complexity index is 555. The average molecular weight is 354 g/mol. The summed E-state index contributed by atoms with van der Waals surface area (Å²) in [6, 6.07) is 4.03. The fourth-order valence-corrected chi connectivity index (χ4v) is 1.96. The standard InChI is InChI=1S/C12H11Cl3N2O4/c1-7(18)16-11(12(13,14)15)6-10(19)8-2-4-9(5-3-8)17(20)21/h2-5,11H,6H2,1H3,(H,16,18)/t11-/m1/s1. The van der Waals surface area contributed by atoms with Crippen LogP contribution >= 0.6 is 34.8 Å². The average Bonchev–Trinajstić information content (AvgIpc) is 2.36. The molecule has 1 aromatic rings. The van der Waals surface area contributed by atoms with Gasteiger partial charge in [-0.25, -0.2) is 0 Å². The Kier molecular flexibility index (Phi) is 5.95. The zero-order chi connectivity index (χ0) is 16.2. The van der Waals surface area contributed by atoms with Crippen LogP contribution in [-0.4, -0.2) is 26.4 Å². The number of rotatable bonds is 5. The smallest absolute Gasteiger partial charge is 0.269 e. The highest BCUT2D eigenvalue weighted by Crippen LogP contribution is 2.32. The van der Waals surface area contributed by atoms with Gasteiger partial charge >= 0.3 is 0 Å². The molecule has 1 aromatic carbocycles. The van der Waals surface area contributed by atoms with E-state index < -0.39 is 26.4 Å². The highest BCUT2D eigenvalue weighted by Gasteiger charge is 2.35. The molecule has 0 aliphatic rings. The molecule has 0 bridgehead atoms. The van der Waals surface area contributed by atoms with Crippen LogP contribution < -0.4 is 5.32 Å². The Hall–Kier alpha value is -1.37. The van der Waals surface area contributed by atoms with Crippen LogP contribution in [-0.2, 0) is 4.79 Å². The van der Waals surface area contributed by atoms with Gasteiger partial charge in [-0.05, 0) is 12.1 Å². The fraction of sp³-hybridized carbons (Fsp3) is 0.333. The molecule has 0 saturated carbocycles. The number of ketones is 1. The summed E-state index contributed by atoms with van der Waals surface area (Å²) in [6.45, 7) is 1.24. The Balaban J connectivity index is 2.86. The molecular weight excluding hydrogens is 343 g/mol. The molecule has 0 unspecified atom stereocenters. The van der Waals surface area contributed by atoms with Crippen molar-refractivity contribution in [3.8, 4) is 0 Å². The van der Waals surface area contributed by atoms with Gasteiger partial charge in [-0.3, -0.25) is 19.7 Å². The van der Waals surface area contributed by atoms with Crippen molar-refractivity contribution in [2.75, 3.05) is 0 Å². The van der Waals surface area contributed by atoms with Gasteiger partial charge in [-0.2, -0.15) is 0 Å². The van der Waals surface area contributed by atoms with E-state index in [1.54, 1.807) is 0 Å². The van der Waals surface area contributed by atoms with Crippen LogP contribution in [0.2, 0.25) is 0 Å². The second-order valence-corrected chi connectivity index (χ2v) is 6.59. The van der Waals surface area contributed by atoms with Gasteiger partial charge in [0, 0.05) is 31.0 Å². The highest BCUT2D eigenvalue weighted by atomic mass is 35.6. The summed E-state index contributed by atoms with van der Waals surface area (Å²) in [7, 11) is 0. The zero-order valence-electron chi connectivity index (χ0n) is 10.8. The molecule has 0 heterocycles. The molecule has 21 heavy (non-hydrogen) atoms. The molecule has 0 aliphatic heterocycles. The number of amides is 1. The van der Waals surface area contributed by atoms with Crippen molar-refractivity contribution in [1.29, 1.82) is 0 Å². The van der Waals surface area contributed by atoms with E-state index in [-0.39, 0.29) is 17.7 Å². The molecule has 1 amide bonds. The summed E-state index contributed by atoms with van der Waals surface area (Å²) in [5.41, 5.74) is 0.0940. The first kappa shape index (κ1) is 17.7. The molecule has 1 rings (SSSR count). The van der Waals surface area contributed by atoms with Crippen molar-refractivity contribution < 1.29 is 14.5 Å². The summed E-state index contributed by atoms with van der Waals surface area (Å²) in [5.74, 6) is -0.849. The minimum absolute atomic E-state index is 0.133. The molecule has 0 spiro atoms. The van der Waals surface area contributed by atoms with Crippen molar-refractivity contribution in [3.63, 3.8) is 0 Å². The number of hydrogen-bond acceptors (Lipinski definition) is 4. The quantitative estimate of drug-likeness (QED) is 0.381.